The van der Waals surface area contributed by atoms with Gasteiger partial charge in [-0.05, 0) is 130 Å². The van der Waals surface area contributed by atoms with E-state index < -0.39 is 63.4 Å². The second kappa shape index (κ2) is 18.1. The molecule has 4 bridgehead atoms. The van der Waals surface area contributed by atoms with Gasteiger partial charge >= 0.3 is 11.9 Å². The summed E-state index contributed by atoms with van der Waals surface area (Å²) in [5.41, 5.74) is -2.66. The second-order valence-electron chi connectivity index (χ2n) is 22.1. The molecule has 2 aromatic rings. The number of fused-ring (bicyclic) bond motifs is 2. The third-order valence-electron chi connectivity index (χ3n) is 18.4. The first-order chi connectivity index (χ1) is 30.8. The van der Waals surface area contributed by atoms with Gasteiger partial charge in [-0.3, -0.25) is 4.79 Å². The molecule has 3 N–H and O–H groups in total. The van der Waals surface area contributed by atoms with E-state index in [-0.39, 0.29) is 49.1 Å². The van der Waals surface area contributed by atoms with Crippen LogP contribution in [-0.2, 0) is 31.9 Å². The molecule has 7 aliphatic rings. The van der Waals surface area contributed by atoms with Gasteiger partial charge in [0.05, 0.1) is 34.1 Å². The minimum atomic E-state index is -1.77. The van der Waals surface area contributed by atoms with E-state index in [9.17, 15) is 20.1 Å². The Morgan fingerprint density at radius 3 is 2.31 bits per heavy atom. The number of ether oxygens (including phenoxy) is 2. The van der Waals surface area contributed by atoms with E-state index in [1.807, 2.05) is 19.1 Å². The lowest BCUT2D eigenvalue weighted by atomic mass is 9.34. The summed E-state index contributed by atoms with van der Waals surface area (Å²) in [6.45, 7) is 6.75. The van der Waals surface area contributed by atoms with Crippen molar-refractivity contribution < 1.29 is 34.4 Å². The Morgan fingerprint density at radius 2 is 1.59 bits per heavy atom. The average Bonchev–Trinajstić information content (AvgIpc) is 3.73. The third kappa shape index (κ3) is 7.88. The predicted octanol–water partition coefficient (Wildman–Crippen LogP) is 9.74. The number of hydrogen-bond acceptors (Lipinski definition) is 7. The largest absolute Gasteiger partial charge is 0.461 e. The number of cyclic esters (lactones) is 1. The van der Waals surface area contributed by atoms with Crippen LogP contribution in [0.4, 0.5) is 0 Å². The molecule has 2 aromatic carbocycles. The van der Waals surface area contributed by atoms with Crippen LogP contribution in [0.25, 0.3) is 0 Å². The van der Waals surface area contributed by atoms with Gasteiger partial charge in [0.2, 0.25) is 0 Å². The summed E-state index contributed by atoms with van der Waals surface area (Å²) in [7, 11) is 0. The van der Waals surface area contributed by atoms with E-state index in [0.29, 0.717) is 38.5 Å². The molecule has 3 aliphatic heterocycles. The molecule has 0 radical (unpaired) electrons. The minimum absolute atomic E-state index is 0.154. The molecule has 4 saturated carbocycles. The van der Waals surface area contributed by atoms with Crippen molar-refractivity contribution in [2.75, 3.05) is 6.61 Å². The van der Waals surface area contributed by atoms with Crippen LogP contribution < -0.4 is 0 Å². The first-order valence-electron chi connectivity index (χ1n) is 25.1. The fourth-order valence-electron chi connectivity index (χ4n) is 15.1. The number of carbonyl (C=O) groups is 2. The summed E-state index contributed by atoms with van der Waals surface area (Å²) in [4.78, 5) is 28.1. The Balaban J connectivity index is 1.22. The molecule has 1 spiro atoms. The first kappa shape index (κ1) is 45.3. The molecule has 4 aliphatic carbocycles. The van der Waals surface area contributed by atoms with Gasteiger partial charge in [-0.2, -0.15) is 0 Å². The number of rotatable bonds is 12. The summed E-state index contributed by atoms with van der Waals surface area (Å²) in [6, 6.07) is 21.1. The van der Waals surface area contributed by atoms with Gasteiger partial charge < -0.3 is 24.8 Å². The van der Waals surface area contributed by atoms with Crippen LogP contribution in [0.2, 0.25) is 0 Å². The highest BCUT2D eigenvalue weighted by Gasteiger charge is 2.78. The standard InChI is InChI=1S/C57H72O7/c1-39(15-13-20-40-16-7-4-8-17-40)33-44-24-26-46-25-23-42(34-41-18-9-5-10-19-41)36-55(46)30-14-29-53(2)37-47(64-52(55)61)50-54(3,45-21-11-6-12-22-45)31-28-48(58)57(50,51(44)60)56(53,62)32-27-43-35-49(59)63-38-43/h4-5,7-10,16-19,35,39,42,44-48,50-51,58,60,62H,6,11-13,15,20-23,25,27-28,30-34,36-38H2,1-3H3/t39-,42+,44+,46-,47-,48+,50+,51+,53+,54+,55-,56-,57+/m1/s1. The van der Waals surface area contributed by atoms with Crippen molar-refractivity contribution >= 4 is 11.9 Å². The lowest BCUT2D eigenvalue weighted by Crippen LogP contribution is -2.80. The van der Waals surface area contributed by atoms with E-state index in [2.05, 4.69) is 86.1 Å². The highest BCUT2D eigenvalue weighted by molar-refractivity contribution is 5.85. The molecule has 9 rings (SSSR count). The van der Waals surface area contributed by atoms with Crippen molar-refractivity contribution in [3.63, 3.8) is 0 Å². The van der Waals surface area contributed by atoms with Gasteiger partial charge in [-0.15, -0.1) is 5.92 Å². The monoisotopic (exact) mass is 869 g/mol. The quantitative estimate of drug-likeness (QED) is 0.144. The smallest absolute Gasteiger partial charge is 0.331 e. The van der Waals surface area contributed by atoms with Gasteiger partial charge in [-0.25, -0.2) is 4.79 Å². The molecule has 0 unspecified atom stereocenters. The Kier molecular flexibility index (Phi) is 12.8. The Hall–Kier alpha value is -3.88. The minimum Gasteiger partial charge on any atom is -0.461 e. The Labute approximate surface area is 382 Å². The van der Waals surface area contributed by atoms with Gasteiger partial charge in [0, 0.05) is 36.7 Å². The molecule has 342 valence electrons. The molecule has 4 fully saturated rings. The highest BCUT2D eigenvalue weighted by Crippen LogP contribution is 2.72. The molecule has 0 saturated heterocycles. The molecular weight excluding hydrogens is 797 g/mol. The van der Waals surface area contributed by atoms with E-state index in [0.717, 1.165) is 69.8 Å². The van der Waals surface area contributed by atoms with Crippen molar-refractivity contribution in [3.8, 4) is 23.7 Å². The number of aryl methyl sites for hydroxylation is 1. The zero-order valence-electron chi connectivity index (χ0n) is 38.7. The van der Waals surface area contributed by atoms with E-state index in [1.54, 1.807) is 0 Å². The van der Waals surface area contributed by atoms with Gasteiger partial charge in [-0.1, -0.05) is 118 Å². The van der Waals surface area contributed by atoms with E-state index in [1.165, 1.54) is 23.6 Å². The number of aliphatic hydroxyl groups is 3. The molecule has 64 heavy (non-hydrogen) atoms. The molecule has 7 nitrogen and oxygen atoms in total. The molecule has 7 heteroatoms. The van der Waals surface area contributed by atoms with Crippen molar-refractivity contribution in [2.45, 2.75) is 167 Å². The maximum atomic E-state index is 15.7. The number of benzene rings is 2. The first-order valence-corrected chi connectivity index (χ1v) is 25.1. The predicted molar refractivity (Wildman–Crippen MR) is 248 cm³/mol. The molecule has 0 amide bonds. The molecule has 3 heterocycles. The topological polar surface area (TPSA) is 113 Å². The maximum Gasteiger partial charge on any atom is 0.331 e. The lowest BCUT2D eigenvalue weighted by Gasteiger charge is -2.72. The van der Waals surface area contributed by atoms with Crippen LogP contribution in [-0.4, -0.2) is 57.8 Å². The molecular formula is C57H72O7. The maximum absolute atomic E-state index is 15.7. The Morgan fingerprint density at radius 1 is 0.859 bits per heavy atom. The SMILES string of the molecule is C[C@H](CCCc1ccccc1)C[C@@H]1C#C[C@H]2CC[C@@H](Cc3ccccc3)C[C@]23CC#C[C@@]2(C)C[C@@H](OC3=O)[C@@H]3[C@@]([C@@H](O)CC[C@@]3(C)C3CCCCC3)([C@H]1O)[C@@]2(O)CCC1=CC(=O)OC1. The summed E-state index contributed by atoms with van der Waals surface area (Å²) in [6.07, 6.45) is 12.6. The van der Waals surface area contributed by atoms with Crippen LogP contribution in [0, 0.1) is 80.8 Å². The van der Waals surface area contributed by atoms with Crippen molar-refractivity contribution in [1.29, 1.82) is 0 Å². The van der Waals surface area contributed by atoms with Crippen molar-refractivity contribution in [1.82, 2.24) is 0 Å². The normalized spacial score (nSPS) is 39.8. The van der Waals surface area contributed by atoms with E-state index >= 15 is 4.79 Å². The van der Waals surface area contributed by atoms with Gasteiger partial charge in [0.1, 0.15) is 12.7 Å². The van der Waals surface area contributed by atoms with Crippen LogP contribution in [0.15, 0.2) is 72.3 Å². The van der Waals surface area contributed by atoms with Gasteiger partial charge in [0.25, 0.3) is 0 Å². The van der Waals surface area contributed by atoms with Crippen LogP contribution in [0.5, 0.6) is 0 Å². The second-order valence-corrected chi connectivity index (χ2v) is 22.1. The summed E-state index contributed by atoms with van der Waals surface area (Å²) < 4.78 is 12.6. The number of carbonyl (C=O) groups excluding carboxylic acids is 2. The zero-order valence-corrected chi connectivity index (χ0v) is 38.7. The number of hydrogen-bond donors (Lipinski definition) is 3. The Bertz CT molecular complexity index is 2170. The third-order valence-corrected chi connectivity index (χ3v) is 18.4. The fourth-order valence-corrected chi connectivity index (χ4v) is 15.1. The van der Waals surface area contributed by atoms with Crippen LogP contribution in [0.3, 0.4) is 0 Å². The molecule has 13 atom stereocenters. The van der Waals surface area contributed by atoms with E-state index in [4.69, 9.17) is 9.47 Å². The number of aliphatic hydroxyl groups excluding tert-OH is 2. The van der Waals surface area contributed by atoms with Gasteiger partial charge in [0.15, 0.2) is 0 Å². The summed E-state index contributed by atoms with van der Waals surface area (Å²) >= 11 is 0. The zero-order chi connectivity index (χ0) is 44.7. The van der Waals surface area contributed by atoms with Crippen molar-refractivity contribution in [2.24, 2.45) is 57.2 Å². The summed E-state index contributed by atoms with van der Waals surface area (Å²) in [5.74, 6) is 13.3. The van der Waals surface area contributed by atoms with Crippen LogP contribution in [0.1, 0.15) is 141 Å². The summed E-state index contributed by atoms with van der Waals surface area (Å²) in [5, 5.41) is 41.7. The average molecular weight is 869 g/mol. The number of esters is 2. The molecule has 0 aromatic heterocycles. The van der Waals surface area contributed by atoms with Crippen LogP contribution >= 0.6 is 0 Å². The fraction of sp³-hybridized carbons (Fsp3) is 0.649. The highest BCUT2D eigenvalue weighted by atomic mass is 16.5. The lowest BCUT2D eigenvalue weighted by molar-refractivity contribution is -0.342. The van der Waals surface area contributed by atoms with Crippen molar-refractivity contribution in [3.05, 3.63) is 83.4 Å².